The predicted molar refractivity (Wildman–Crippen MR) is 95.9 cm³/mol. The van der Waals surface area contributed by atoms with E-state index in [2.05, 4.69) is 23.5 Å². The van der Waals surface area contributed by atoms with Crippen molar-refractivity contribution in [3.63, 3.8) is 0 Å². The zero-order valence-corrected chi connectivity index (χ0v) is 14.0. The fraction of sp³-hybridized carbons (Fsp3) is 0.250. The number of aromatic carboxylic acids is 1. The van der Waals surface area contributed by atoms with E-state index in [1.165, 1.54) is 0 Å². The van der Waals surface area contributed by atoms with Crippen LogP contribution in [0.4, 0.5) is 5.69 Å². The van der Waals surface area contributed by atoms with Crippen LogP contribution in [0.5, 0.6) is 0 Å². The van der Waals surface area contributed by atoms with Gasteiger partial charge in [0.25, 0.3) is 0 Å². The molecule has 1 aliphatic carbocycles. The van der Waals surface area contributed by atoms with E-state index in [-0.39, 0.29) is 17.9 Å². The molecule has 122 valence electrons. The van der Waals surface area contributed by atoms with Crippen molar-refractivity contribution >= 4 is 23.3 Å². The van der Waals surface area contributed by atoms with Crippen molar-refractivity contribution in [1.82, 2.24) is 0 Å². The number of aryl methyl sites for hydroxylation is 1. The minimum atomic E-state index is -0.872. The molecule has 0 amide bonds. The van der Waals surface area contributed by atoms with E-state index in [0.29, 0.717) is 5.56 Å². The molecule has 0 saturated heterocycles. The minimum absolute atomic E-state index is 0.0777. The molecule has 1 aliphatic heterocycles. The molecule has 24 heavy (non-hydrogen) atoms. The number of allylic oxidation sites excluding steroid dienone is 2. The van der Waals surface area contributed by atoms with Crippen LogP contribution in [0.25, 0.3) is 0 Å². The predicted octanol–water partition coefficient (Wildman–Crippen LogP) is 5.17. The topological polar surface area (TPSA) is 49.3 Å². The molecule has 0 bridgehead atoms. The summed E-state index contributed by atoms with van der Waals surface area (Å²) in [4.78, 5) is 11.7. The maximum atomic E-state index is 11.7. The van der Waals surface area contributed by atoms with Crippen LogP contribution >= 0.6 is 11.6 Å². The van der Waals surface area contributed by atoms with Crippen LogP contribution in [0.2, 0.25) is 5.02 Å². The lowest BCUT2D eigenvalue weighted by Gasteiger charge is -2.39. The summed E-state index contributed by atoms with van der Waals surface area (Å²) in [5, 5.41) is 14.0. The zero-order chi connectivity index (χ0) is 16.8. The number of hydrogen-bond acceptors (Lipinski definition) is 2. The monoisotopic (exact) mass is 339 g/mol. The summed E-state index contributed by atoms with van der Waals surface area (Å²) in [6, 6.07) is 11.6. The van der Waals surface area contributed by atoms with E-state index in [9.17, 15) is 9.90 Å². The number of halogens is 1. The molecule has 0 aromatic heterocycles. The highest BCUT2D eigenvalue weighted by Gasteiger charge is 2.41. The van der Waals surface area contributed by atoms with Crippen molar-refractivity contribution in [2.75, 3.05) is 5.32 Å². The molecule has 2 aliphatic rings. The molecule has 4 heteroatoms. The molecule has 2 unspecified atom stereocenters. The second-order valence-electron chi connectivity index (χ2n) is 6.52. The summed E-state index contributed by atoms with van der Waals surface area (Å²) < 4.78 is 0. The number of rotatable bonds is 2. The Morgan fingerprint density at radius 1 is 1.25 bits per heavy atom. The molecule has 0 saturated carbocycles. The van der Waals surface area contributed by atoms with Gasteiger partial charge in [-0.1, -0.05) is 48.0 Å². The molecule has 2 aromatic rings. The fourth-order valence-electron chi connectivity index (χ4n) is 4.08. The first-order valence-corrected chi connectivity index (χ1v) is 8.50. The summed E-state index contributed by atoms with van der Waals surface area (Å²) in [6.07, 6.45) is 5.23. The Bertz CT molecular complexity index is 859. The summed E-state index contributed by atoms with van der Waals surface area (Å²) in [6.45, 7) is 2.01. The molecule has 0 fully saturated rings. The van der Waals surface area contributed by atoms with Gasteiger partial charge in [0.1, 0.15) is 0 Å². The van der Waals surface area contributed by atoms with Crippen molar-refractivity contribution in [2.45, 2.75) is 25.3 Å². The number of hydrogen-bond donors (Lipinski definition) is 2. The van der Waals surface area contributed by atoms with Gasteiger partial charge in [-0.25, -0.2) is 4.79 Å². The van der Waals surface area contributed by atoms with E-state index in [1.54, 1.807) is 6.07 Å². The normalized spacial score (nSPS) is 24.2. The van der Waals surface area contributed by atoms with Crippen LogP contribution in [-0.2, 0) is 0 Å². The summed E-state index contributed by atoms with van der Waals surface area (Å²) in [5.74, 6) is -0.492. The highest BCUT2D eigenvalue weighted by molar-refractivity contribution is 6.31. The van der Waals surface area contributed by atoms with Crippen LogP contribution in [0.15, 0.2) is 48.6 Å². The van der Waals surface area contributed by atoms with E-state index in [1.807, 2.05) is 31.2 Å². The third-order valence-corrected chi connectivity index (χ3v) is 5.54. The number of anilines is 1. The SMILES string of the molecule is Cc1ccc(C(=O)O)c2c1N[C@H](c1ccccc1Cl)C1CC=CC21. The average molecular weight is 340 g/mol. The highest BCUT2D eigenvalue weighted by Crippen LogP contribution is 2.52. The Morgan fingerprint density at radius 3 is 2.79 bits per heavy atom. The van der Waals surface area contributed by atoms with Crippen molar-refractivity contribution in [1.29, 1.82) is 0 Å². The summed E-state index contributed by atoms with van der Waals surface area (Å²) in [5.41, 5.74) is 4.37. The number of fused-ring (bicyclic) bond motifs is 3. The van der Waals surface area contributed by atoms with E-state index < -0.39 is 5.97 Å². The molecule has 4 rings (SSSR count). The lowest BCUT2D eigenvalue weighted by atomic mass is 9.74. The first-order valence-electron chi connectivity index (χ1n) is 8.12. The van der Waals surface area contributed by atoms with Gasteiger partial charge in [0.2, 0.25) is 0 Å². The van der Waals surface area contributed by atoms with Crippen molar-refractivity contribution in [2.24, 2.45) is 5.92 Å². The smallest absolute Gasteiger partial charge is 0.336 e. The van der Waals surface area contributed by atoms with Crippen molar-refractivity contribution in [3.05, 3.63) is 75.8 Å². The lowest BCUT2D eigenvalue weighted by Crippen LogP contribution is -2.31. The number of carbonyl (C=O) groups is 1. The summed E-state index contributed by atoms with van der Waals surface area (Å²) in [7, 11) is 0. The van der Waals surface area contributed by atoms with E-state index >= 15 is 0 Å². The Balaban J connectivity index is 1.90. The molecular weight excluding hydrogens is 322 g/mol. The first kappa shape index (κ1) is 15.3. The Hall–Kier alpha value is -2.26. The maximum Gasteiger partial charge on any atom is 0.336 e. The van der Waals surface area contributed by atoms with Crippen LogP contribution in [-0.4, -0.2) is 11.1 Å². The lowest BCUT2D eigenvalue weighted by molar-refractivity contribution is 0.0695. The van der Waals surface area contributed by atoms with Crippen LogP contribution in [0.3, 0.4) is 0 Å². The Labute approximate surface area is 146 Å². The Kier molecular flexibility index (Phi) is 3.61. The second-order valence-corrected chi connectivity index (χ2v) is 6.93. The van der Waals surface area contributed by atoms with Gasteiger partial charge in [0.15, 0.2) is 0 Å². The molecule has 2 aromatic carbocycles. The average Bonchev–Trinajstić information content (AvgIpc) is 3.05. The van der Waals surface area contributed by atoms with Crippen molar-refractivity contribution < 1.29 is 9.90 Å². The molecule has 3 nitrogen and oxygen atoms in total. The second kappa shape index (κ2) is 5.67. The number of nitrogens with one attached hydrogen (secondary N) is 1. The number of benzene rings is 2. The molecule has 0 spiro atoms. The van der Waals surface area contributed by atoms with Crippen molar-refractivity contribution in [3.8, 4) is 0 Å². The van der Waals surface area contributed by atoms with Crippen LogP contribution in [0, 0.1) is 12.8 Å². The molecule has 0 radical (unpaired) electrons. The molecular formula is C20H18ClNO2. The third kappa shape index (κ3) is 2.23. The van der Waals surface area contributed by atoms with Gasteiger partial charge in [0, 0.05) is 16.6 Å². The molecule has 2 N–H and O–H groups in total. The van der Waals surface area contributed by atoms with Gasteiger partial charge < -0.3 is 10.4 Å². The number of carboxylic acids is 1. The van der Waals surface area contributed by atoms with Gasteiger partial charge >= 0.3 is 5.97 Å². The zero-order valence-electron chi connectivity index (χ0n) is 13.3. The quantitative estimate of drug-likeness (QED) is 0.742. The fourth-order valence-corrected chi connectivity index (χ4v) is 4.33. The molecule has 1 heterocycles. The van der Waals surface area contributed by atoms with Gasteiger partial charge in [0.05, 0.1) is 11.6 Å². The van der Waals surface area contributed by atoms with Crippen LogP contribution in [0.1, 0.15) is 45.4 Å². The van der Waals surface area contributed by atoms with Crippen LogP contribution < -0.4 is 5.32 Å². The third-order valence-electron chi connectivity index (χ3n) is 5.20. The Morgan fingerprint density at radius 2 is 2.04 bits per heavy atom. The highest BCUT2D eigenvalue weighted by atomic mass is 35.5. The summed E-state index contributed by atoms with van der Waals surface area (Å²) >= 11 is 6.44. The van der Waals surface area contributed by atoms with Gasteiger partial charge in [-0.15, -0.1) is 0 Å². The maximum absolute atomic E-state index is 11.7. The standard InChI is InChI=1S/C20H18ClNO2/c1-11-9-10-15(20(23)24)17-12-6-4-7-13(12)19(22-18(11)17)14-5-2-3-8-16(14)21/h2-6,8-10,12-13,19,22H,7H2,1H3,(H,23,24)/t12?,13?,19-/m0/s1. The van der Waals surface area contributed by atoms with E-state index in [0.717, 1.165) is 33.8 Å². The van der Waals surface area contributed by atoms with Gasteiger partial charge in [-0.2, -0.15) is 0 Å². The minimum Gasteiger partial charge on any atom is -0.478 e. The van der Waals surface area contributed by atoms with E-state index in [4.69, 9.17) is 11.6 Å². The first-order chi connectivity index (χ1) is 11.6. The largest absolute Gasteiger partial charge is 0.478 e. The van der Waals surface area contributed by atoms with Gasteiger partial charge in [-0.3, -0.25) is 0 Å². The van der Waals surface area contributed by atoms with Gasteiger partial charge in [-0.05, 0) is 48.1 Å². The number of carboxylic acid groups (broad SMARTS) is 1. The molecule has 3 atom stereocenters.